The molecule has 1 saturated heterocycles. The molecule has 2 atom stereocenters. The highest BCUT2D eigenvalue weighted by molar-refractivity contribution is 7.88. The first kappa shape index (κ1) is 18.8. The molecule has 142 valence electrons. The number of hydrogen-bond donors (Lipinski definition) is 1. The van der Waals surface area contributed by atoms with Crippen molar-refractivity contribution in [1.82, 2.24) is 24.3 Å². The topological polar surface area (TPSA) is 87.5 Å². The molecule has 2 heterocycles. The Balaban J connectivity index is 1.84. The molecule has 1 aliphatic rings. The lowest BCUT2D eigenvalue weighted by atomic mass is 10.0. The van der Waals surface area contributed by atoms with Gasteiger partial charge in [0, 0.05) is 44.0 Å². The number of nitrogens with zero attached hydrogens (tertiary/aromatic N) is 4. The normalized spacial score (nSPS) is 21.6. The molecule has 0 radical (unpaired) electrons. The minimum absolute atomic E-state index is 0.0265. The zero-order valence-electron chi connectivity index (χ0n) is 15.5. The van der Waals surface area contributed by atoms with E-state index in [0.717, 1.165) is 10.9 Å². The van der Waals surface area contributed by atoms with E-state index in [4.69, 9.17) is 0 Å². The molecule has 0 spiro atoms. The van der Waals surface area contributed by atoms with Crippen LogP contribution in [-0.4, -0.2) is 79.3 Å². The molecule has 1 aromatic carbocycles. The highest BCUT2D eigenvalue weighted by atomic mass is 32.2. The number of sulfonamides is 1. The van der Waals surface area contributed by atoms with Crippen molar-refractivity contribution >= 4 is 26.8 Å². The Morgan fingerprint density at radius 1 is 1.31 bits per heavy atom. The third kappa shape index (κ3) is 3.74. The predicted molar refractivity (Wildman–Crippen MR) is 100 cm³/mol. The minimum atomic E-state index is -3.29. The molecule has 1 aromatic heterocycles. The maximum atomic E-state index is 12.8. The number of aryl methyl sites for hydroxylation is 1. The highest BCUT2D eigenvalue weighted by Gasteiger charge is 2.38. The van der Waals surface area contributed by atoms with Crippen LogP contribution in [0.4, 0.5) is 0 Å². The number of para-hydroxylation sites is 1. The second-order valence-electron chi connectivity index (χ2n) is 7.17. The van der Waals surface area contributed by atoms with Crippen LogP contribution in [0.2, 0.25) is 0 Å². The molecule has 0 aliphatic carbocycles. The van der Waals surface area contributed by atoms with Gasteiger partial charge in [-0.15, -0.1) is 0 Å². The molecule has 26 heavy (non-hydrogen) atoms. The van der Waals surface area contributed by atoms with Crippen molar-refractivity contribution in [3.63, 3.8) is 0 Å². The summed E-state index contributed by atoms with van der Waals surface area (Å²) in [5.74, 6) is -0.246. The first-order valence-electron chi connectivity index (χ1n) is 8.49. The molecule has 1 fully saturated rings. The number of rotatable bonds is 5. The number of nitrogens with one attached hydrogen (secondary N) is 1. The molecule has 2 aromatic rings. The van der Waals surface area contributed by atoms with Gasteiger partial charge >= 0.3 is 0 Å². The fraction of sp³-hybridized carbons (Fsp3) is 0.529. The van der Waals surface area contributed by atoms with Gasteiger partial charge in [0.05, 0.1) is 11.8 Å². The summed E-state index contributed by atoms with van der Waals surface area (Å²) in [4.78, 5) is 14.9. The van der Waals surface area contributed by atoms with E-state index in [2.05, 4.69) is 10.4 Å². The van der Waals surface area contributed by atoms with Gasteiger partial charge in [-0.05, 0) is 20.2 Å². The average molecular weight is 379 g/mol. The van der Waals surface area contributed by atoms with E-state index in [0.29, 0.717) is 18.8 Å². The number of carbonyl (C=O) groups is 1. The molecule has 1 aliphatic heterocycles. The maximum absolute atomic E-state index is 12.8. The van der Waals surface area contributed by atoms with Gasteiger partial charge in [-0.25, -0.2) is 8.42 Å². The molecule has 0 saturated carbocycles. The van der Waals surface area contributed by atoms with Gasteiger partial charge in [0.15, 0.2) is 5.69 Å². The van der Waals surface area contributed by atoms with Crippen molar-refractivity contribution in [3.05, 3.63) is 30.0 Å². The van der Waals surface area contributed by atoms with Gasteiger partial charge in [-0.3, -0.25) is 9.48 Å². The van der Waals surface area contributed by atoms with Crippen LogP contribution in [0.3, 0.4) is 0 Å². The maximum Gasteiger partial charge on any atom is 0.272 e. The van der Waals surface area contributed by atoms with E-state index < -0.39 is 10.0 Å². The van der Waals surface area contributed by atoms with Crippen LogP contribution in [0, 0.1) is 5.92 Å². The second-order valence-corrected chi connectivity index (χ2v) is 9.15. The first-order chi connectivity index (χ1) is 12.2. The summed E-state index contributed by atoms with van der Waals surface area (Å²) in [5.41, 5.74) is 1.25. The standard InChI is InChI=1S/C17H25N5O3S/c1-20(2)9-12-10-22(26(4,24)25)11-14(12)18-17(23)16-13-7-5-6-8-15(13)21(3)19-16/h5-8,12,14H,9-11H2,1-4H3,(H,18,23)/t12-,14-/m1/s1. The summed E-state index contributed by atoms with van der Waals surface area (Å²) in [7, 11) is 2.39. The van der Waals surface area contributed by atoms with Crippen LogP contribution in [0.25, 0.3) is 10.9 Å². The zero-order chi connectivity index (χ0) is 19.1. The van der Waals surface area contributed by atoms with Gasteiger partial charge in [0.1, 0.15) is 0 Å². The Kier molecular flexibility index (Phi) is 5.05. The minimum Gasteiger partial charge on any atom is -0.346 e. The van der Waals surface area contributed by atoms with Crippen molar-refractivity contribution in [3.8, 4) is 0 Å². The monoisotopic (exact) mass is 379 g/mol. The fourth-order valence-corrected chi connectivity index (χ4v) is 4.43. The zero-order valence-corrected chi connectivity index (χ0v) is 16.3. The van der Waals surface area contributed by atoms with E-state index in [9.17, 15) is 13.2 Å². The summed E-state index contributed by atoms with van der Waals surface area (Å²) in [6.07, 6.45) is 1.20. The fourth-order valence-electron chi connectivity index (χ4n) is 3.54. The summed E-state index contributed by atoms with van der Waals surface area (Å²) >= 11 is 0. The first-order valence-corrected chi connectivity index (χ1v) is 10.3. The molecule has 3 rings (SSSR count). The molecule has 0 unspecified atom stereocenters. The Morgan fingerprint density at radius 2 is 2.00 bits per heavy atom. The number of hydrogen-bond acceptors (Lipinski definition) is 5. The van der Waals surface area contributed by atoms with Gasteiger partial charge in [0.25, 0.3) is 5.91 Å². The Bertz CT molecular complexity index is 922. The lowest BCUT2D eigenvalue weighted by Gasteiger charge is -2.22. The lowest BCUT2D eigenvalue weighted by Crippen LogP contribution is -2.43. The van der Waals surface area contributed by atoms with E-state index in [1.165, 1.54) is 10.6 Å². The molecule has 1 N–H and O–H groups in total. The number of amides is 1. The molecule has 0 bridgehead atoms. The highest BCUT2D eigenvalue weighted by Crippen LogP contribution is 2.22. The largest absolute Gasteiger partial charge is 0.346 e. The van der Waals surface area contributed by atoms with Crippen LogP contribution >= 0.6 is 0 Å². The van der Waals surface area contributed by atoms with Crippen LogP contribution < -0.4 is 5.32 Å². The molecule has 1 amide bonds. The van der Waals surface area contributed by atoms with Crippen molar-refractivity contribution in [1.29, 1.82) is 0 Å². The van der Waals surface area contributed by atoms with Crippen LogP contribution in [0.15, 0.2) is 24.3 Å². The van der Waals surface area contributed by atoms with E-state index in [1.54, 1.807) is 11.7 Å². The smallest absolute Gasteiger partial charge is 0.272 e. The second kappa shape index (κ2) is 6.98. The van der Waals surface area contributed by atoms with Crippen molar-refractivity contribution in [2.24, 2.45) is 13.0 Å². The van der Waals surface area contributed by atoms with Gasteiger partial charge < -0.3 is 10.2 Å². The van der Waals surface area contributed by atoms with Crippen LogP contribution in [0.5, 0.6) is 0 Å². The van der Waals surface area contributed by atoms with Gasteiger partial charge in [-0.1, -0.05) is 18.2 Å². The van der Waals surface area contributed by atoms with Crippen LogP contribution in [-0.2, 0) is 17.1 Å². The van der Waals surface area contributed by atoms with Crippen LogP contribution in [0.1, 0.15) is 10.5 Å². The van der Waals surface area contributed by atoms with Crippen molar-refractivity contribution in [2.45, 2.75) is 6.04 Å². The summed E-state index contributed by atoms with van der Waals surface area (Å²) < 4.78 is 27.0. The lowest BCUT2D eigenvalue weighted by molar-refractivity contribution is 0.0923. The summed E-state index contributed by atoms with van der Waals surface area (Å²) in [6.45, 7) is 1.39. The number of carbonyl (C=O) groups excluding carboxylic acids is 1. The average Bonchev–Trinajstić information content (AvgIpc) is 3.09. The quantitative estimate of drug-likeness (QED) is 0.798. The molecule has 9 heteroatoms. The molecular weight excluding hydrogens is 354 g/mol. The van der Waals surface area contributed by atoms with Gasteiger partial charge in [0.2, 0.25) is 10.0 Å². The molecular formula is C17H25N5O3S. The Labute approximate surface area is 153 Å². The van der Waals surface area contributed by atoms with E-state index in [-0.39, 0.29) is 24.4 Å². The van der Waals surface area contributed by atoms with Crippen molar-refractivity contribution in [2.75, 3.05) is 40.0 Å². The third-order valence-electron chi connectivity index (χ3n) is 4.77. The third-order valence-corrected chi connectivity index (χ3v) is 6.00. The number of benzene rings is 1. The molecule has 8 nitrogen and oxygen atoms in total. The SMILES string of the molecule is CN(C)C[C@@H]1CN(S(C)(=O)=O)C[C@H]1NC(=O)c1nn(C)c2ccccc12. The van der Waals surface area contributed by atoms with Gasteiger partial charge in [-0.2, -0.15) is 9.40 Å². The summed E-state index contributed by atoms with van der Waals surface area (Å²) in [6, 6.07) is 7.30. The van der Waals surface area contributed by atoms with E-state index >= 15 is 0 Å². The Hall–Kier alpha value is -1.97. The number of aromatic nitrogens is 2. The van der Waals surface area contributed by atoms with E-state index in [1.807, 2.05) is 43.3 Å². The number of fused-ring (bicyclic) bond motifs is 1. The van der Waals surface area contributed by atoms with Crippen molar-refractivity contribution < 1.29 is 13.2 Å². The summed E-state index contributed by atoms with van der Waals surface area (Å²) in [5, 5.41) is 8.15. The Morgan fingerprint density at radius 3 is 2.65 bits per heavy atom. The predicted octanol–water partition coefficient (Wildman–Crippen LogP) is 0.125.